The van der Waals surface area contributed by atoms with E-state index >= 15 is 0 Å². The molecule has 140 valence electrons. The minimum Gasteiger partial charge on any atom is -0.469 e. The normalized spacial score (nSPS) is 26.7. The van der Waals surface area contributed by atoms with E-state index in [4.69, 9.17) is 14.0 Å². The summed E-state index contributed by atoms with van der Waals surface area (Å²) in [7, 11) is 0.931. The highest BCUT2D eigenvalue weighted by atomic mass is 16.7. The van der Waals surface area contributed by atoms with Crippen LogP contribution >= 0.6 is 0 Å². The number of hydrogen-bond acceptors (Lipinski definition) is 5. The molecular weight excluding hydrogens is 331 g/mol. The molecule has 0 radical (unpaired) electrons. The highest BCUT2D eigenvalue weighted by molar-refractivity contribution is 6.62. The maximum atomic E-state index is 12.8. The van der Waals surface area contributed by atoms with Crippen molar-refractivity contribution in [2.75, 3.05) is 7.11 Å². The lowest BCUT2D eigenvalue weighted by Gasteiger charge is -2.32. The number of Topliss-reactive ketones (excluding diaryl/α,β-unsaturated/α-hetero) is 1. The van der Waals surface area contributed by atoms with Gasteiger partial charge < -0.3 is 14.0 Å². The van der Waals surface area contributed by atoms with Crippen LogP contribution in [0.25, 0.3) is 0 Å². The quantitative estimate of drug-likeness (QED) is 0.471. The van der Waals surface area contributed by atoms with Crippen molar-refractivity contribution in [2.24, 2.45) is 11.8 Å². The van der Waals surface area contributed by atoms with E-state index in [1.807, 2.05) is 39.8 Å². The first-order valence-corrected chi connectivity index (χ1v) is 9.24. The molecule has 1 aliphatic carbocycles. The number of benzene rings is 1. The lowest BCUT2D eigenvalue weighted by atomic mass is 9.78. The van der Waals surface area contributed by atoms with Crippen LogP contribution in [0.4, 0.5) is 0 Å². The Morgan fingerprint density at radius 3 is 2.08 bits per heavy atom. The van der Waals surface area contributed by atoms with Crippen LogP contribution in [0.5, 0.6) is 0 Å². The van der Waals surface area contributed by atoms with Crippen LogP contribution in [0.3, 0.4) is 0 Å². The SMILES string of the molecule is COC(=O)[C@H]1CCCC1C(=O)c1ccc(B2OC(C)(C)C(C)(C)O2)cc1. The molecule has 1 heterocycles. The predicted octanol–water partition coefficient (Wildman–Crippen LogP) is 2.76. The van der Waals surface area contributed by atoms with E-state index in [0.717, 1.165) is 24.7 Å². The van der Waals surface area contributed by atoms with Gasteiger partial charge >= 0.3 is 13.1 Å². The first kappa shape index (κ1) is 19.1. The van der Waals surface area contributed by atoms with Crippen molar-refractivity contribution in [3.05, 3.63) is 29.8 Å². The third kappa shape index (κ3) is 3.32. The van der Waals surface area contributed by atoms with E-state index in [1.165, 1.54) is 7.11 Å². The smallest absolute Gasteiger partial charge is 0.469 e. The fraction of sp³-hybridized carbons (Fsp3) is 0.600. The van der Waals surface area contributed by atoms with Gasteiger partial charge in [0.1, 0.15) is 0 Å². The number of ketones is 1. The molecule has 2 fully saturated rings. The van der Waals surface area contributed by atoms with Gasteiger partial charge in [-0.05, 0) is 46.0 Å². The minimum absolute atomic E-state index is 0.0124. The van der Waals surface area contributed by atoms with E-state index in [-0.39, 0.29) is 23.6 Å². The molecule has 0 spiro atoms. The summed E-state index contributed by atoms with van der Waals surface area (Å²) in [6, 6.07) is 7.35. The highest BCUT2D eigenvalue weighted by Crippen LogP contribution is 2.37. The standard InChI is InChI=1S/C20H27BO5/c1-19(2)20(3,4)26-21(25-19)14-11-9-13(10-12-14)17(22)15-7-6-8-16(15)18(23)24-5/h9-12,15-16H,6-8H2,1-5H3/t15?,16-/m0/s1. The Bertz CT molecular complexity index is 679. The van der Waals surface area contributed by atoms with Crippen LogP contribution in [0, 0.1) is 11.8 Å². The van der Waals surface area contributed by atoms with Crippen LogP contribution in [0.15, 0.2) is 24.3 Å². The molecule has 1 saturated heterocycles. The number of esters is 1. The second-order valence-electron chi connectivity index (χ2n) is 8.24. The Morgan fingerprint density at radius 2 is 1.54 bits per heavy atom. The third-order valence-electron chi connectivity index (χ3n) is 6.08. The molecule has 0 bridgehead atoms. The molecule has 0 amide bonds. The van der Waals surface area contributed by atoms with Crippen molar-refractivity contribution in [2.45, 2.75) is 58.2 Å². The third-order valence-corrected chi connectivity index (χ3v) is 6.08. The first-order valence-electron chi connectivity index (χ1n) is 9.24. The summed E-state index contributed by atoms with van der Waals surface area (Å²) in [6.45, 7) is 8.05. The minimum atomic E-state index is -0.446. The van der Waals surface area contributed by atoms with Crippen LogP contribution in [0.2, 0.25) is 0 Å². The molecule has 1 aromatic carbocycles. The monoisotopic (exact) mass is 358 g/mol. The van der Waals surface area contributed by atoms with E-state index in [0.29, 0.717) is 5.56 Å². The number of ether oxygens (including phenoxy) is 1. The van der Waals surface area contributed by atoms with E-state index in [9.17, 15) is 9.59 Å². The summed E-state index contributed by atoms with van der Waals surface area (Å²) in [4.78, 5) is 24.7. The van der Waals surface area contributed by atoms with Crippen molar-refractivity contribution in [3.8, 4) is 0 Å². The van der Waals surface area contributed by atoms with E-state index in [2.05, 4.69) is 0 Å². The number of carbonyl (C=O) groups excluding carboxylic acids is 2. The molecule has 3 rings (SSSR count). The molecule has 0 N–H and O–H groups in total. The molecule has 0 aromatic heterocycles. The predicted molar refractivity (Wildman–Crippen MR) is 99.3 cm³/mol. The second kappa shape index (κ2) is 6.82. The van der Waals surface area contributed by atoms with Crippen LogP contribution < -0.4 is 5.46 Å². The van der Waals surface area contributed by atoms with Crippen LogP contribution in [-0.4, -0.2) is 37.2 Å². The summed E-state index contributed by atoms with van der Waals surface area (Å²) in [5, 5.41) is 0. The lowest BCUT2D eigenvalue weighted by molar-refractivity contribution is -0.146. The fourth-order valence-electron chi connectivity index (χ4n) is 3.71. The number of carbonyl (C=O) groups is 2. The number of hydrogen-bond donors (Lipinski definition) is 0. The Kier molecular flexibility index (Phi) is 5.01. The Hall–Kier alpha value is -1.66. The summed E-state index contributed by atoms with van der Waals surface area (Å²) in [5.41, 5.74) is 0.704. The molecule has 2 atom stereocenters. The maximum Gasteiger partial charge on any atom is 0.494 e. The van der Waals surface area contributed by atoms with Crippen molar-refractivity contribution >= 4 is 24.3 Å². The van der Waals surface area contributed by atoms with Crippen molar-refractivity contribution < 1.29 is 23.6 Å². The molecule has 5 nitrogen and oxygen atoms in total. The Balaban J connectivity index is 1.74. The van der Waals surface area contributed by atoms with Gasteiger partial charge in [0, 0.05) is 11.5 Å². The summed E-state index contributed by atoms with van der Waals surface area (Å²) in [5.74, 6) is -0.881. The summed E-state index contributed by atoms with van der Waals surface area (Å²) in [6.07, 6.45) is 2.33. The fourth-order valence-corrected chi connectivity index (χ4v) is 3.71. The molecule has 1 aliphatic heterocycles. The van der Waals surface area contributed by atoms with E-state index in [1.54, 1.807) is 12.1 Å². The van der Waals surface area contributed by atoms with Gasteiger partial charge in [-0.15, -0.1) is 0 Å². The summed E-state index contributed by atoms with van der Waals surface area (Å²) < 4.78 is 16.9. The molecule has 1 aromatic rings. The van der Waals surface area contributed by atoms with E-state index < -0.39 is 18.3 Å². The molecule has 1 saturated carbocycles. The number of methoxy groups -OCH3 is 1. The van der Waals surface area contributed by atoms with Gasteiger partial charge in [0.2, 0.25) is 0 Å². The Morgan fingerprint density at radius 1 is 1.00 bits per heavy atom. The van der Waals surface area contributed by atoms with Crippen LogP contribution in [-0.2, 0) is 18.8 Å². The van der Waals surface area contributed by atoms with Gasteiger partial charge in [-0.25, -0.2) is 0 Å². The molecule has 26 heavy (non-hydrogen) atoms. The van der Waals surface area contributed by atoms with Gasteiger partial charge in [-0.1, -0.05) is 30.7 Å². The van der Waals surface area contributed by atoms with Gasteiger partial charge in [0.05, 0.1) is 24.2 Å². The zero-order valence-electron chi connectivity index (χ0n) is 16.2. The molecular formula is C20H27BO5. The van der Waals surface area contributed by atoms with Crippen LogP contribution in [0.1, 0.15) is 57.3 Å². The Labute approximate surface area is 155 Å². The lowest BCUT2D eigenvalue weighted by Crippen LogP contribution is -2.41. The molecule has 2 aliphatic rings. The summed E-state index contributed by atoms with van der Waals surface area (Å²) >= 11 is 0. The molecule has 6 heteroatoms. The largest absolute Gasteiger partial charge is 0.494 e. The molecule has 1 unspecified atom stereocenters. The zero-order valence-corrected chi connectivity index (χ0v) is 16.2. The second-order valence-corrected chi connectivity index (χ2v) is 8.24. The van der Waals surface area contributed by atoms with Gasteiger partial charge in [0.15, 0.2) is 5.78 Å². The van der Waals surface area contributed by atoms with Gasteiger partial charge in [-0.3, -0.25) is 9.59 Å². The van der Waals surface area contributed by atoms with Gasteiger partial charge in [-0.2, -0.15) is 0 Å². The van der Waals surface area contributed by atoms with Crippen molar-refractivity contribution in [1.82, 2.24) is 0 Å². The topological polar surface area (TPSA) is 61.8 Å². The van der Waals surface area contributed by atoms with Crippen molar-refractivity contribution in [1.29, 1.82) is 0 Å². The average Bonchev–Trinajstić information content (AvgIpc) is 3.16. The van der Waals surface area contributed by atoms with Crippen molar-refractivity contribution in [3.63, 3.8) is 0 Å². The highest BCUT2D eigenvalue weighted by Gasteiger charge is 2.51. The zero-order chi connectivity index (χ0) is 19.1. The maximum absolute atomic E-state index is 12.8. The van der Waals surface area contributed by atoms with Gasteiger partial charge in [0.25, 0.3) is 0 Å². The first-order chi connectivity index (χ1) is 12.2. The average molecular weight is 358 g/mol. The number of rotatable bonds is 4.